The Morgan fingerprint density at radius 1 is 1.14 bits per heavy atom. The zero-order chi connectivity index (χ0) is 14.5. The monoisotopic (exact) mass is 288 g/mol. The van der Waals surface area contributed by atoms with E-state index in [9.17, 15) is 4.79 Å². The van der Waals surface area contributed by atoms with Gasteiger partial charge in [-0.05, 0) is 31.5 Å². The van der Waals surface area contributed by atoms with E-state index in [1.807, 2.05) is 0 Å². The van der Waals surface area contributed by atoms with E-state index in [2.05, 4.69) is 40.1 Å². The number of hydrogen-bond acceptors (Lipinski definition) is 4. The molecule has 1 atom stereocenters. The fourth-order valence-electron chi connectivity index (χ4n) is 3.46. The first-order chi connectivity index (χ1) is 10.4. The summed E-state index contributed by atoms with van der Waals surface area (Å²) < 4.78 is 5.41. The van der Waals surface area contributed by atoms with Gasteiger partial charge in [-0.3, -0.25) is 9.80 Å². The average molecular weight is 288 g/mol. The van der Waals surface area contributed by atoms with Gasteiger partial charge in [0.1, 0.15) is 6.29 Å². The molecule has 2 saturated heterocycles. The standard InChI is InChI=1S/C17H24N2O2/c20-13-17-14-21-11-10-19(17)16-6-8-18(9-7-16)12-15-4-2-1-3-5-15/h1-5,13,16-17H,6-12,14H2. The number of likely N-dealkylation sites (tertiary alicyclic amines) is 1. The van der Waals surface area contributed by atoms with Gasteiger partial charge in [-0.15, -0.1) is 0 Å². The molecule has 0 amide bonds. The van der Waals surface area contributed by atoms with Crippen LogP contribution in [-0.2, 0) is 16.1 Å². The molecule has 0 spiro atoms. The van der Waals surface area contributed by atoms with Gasteiger partial charge in [-0.1, -0.05) is 30.3 Å². The average Bonchev–Trinajstić information content (AvgIpc) is 2.56. The van der Waals surface area contributed by atoms with Crippen molar-refractivity contribution in [2.24, 2.45) is 0 Å². The van der Waals surface area contributed by atoms with Crippen molar-refractivity contribution in [3.8, 4) is 0 Å². The Labute approximate surface area is 126 Å². The summed E-state index contributed by atoms with van der Waals surface area (Å²) in [6.45, 7) is 5.48. The highest BCUT2D eigenvalue weighted by Crippen LogP contribution is 2.21. The number of hydrogen-bond donors (Lipinski definition) is 0. The number of rotatable bonds is 4. The summed E-state index contributed by atoms with van der Waals surface area (Å²) in [7, 11) is 0. The topological polar surface area (TPSA) is 32.8 Å². The highest BCUT2D eigenvalue weighted by molar-refractivity contribution is 5.58. The van der Waals surface area contributed by atoms with Gasteiger partial charge < -0.3 is 9.53 Å². The fraction of sp³-hybridized carbons (Fsp3) is 0.588. The van der Waals surface area contributed by atoms with Gasteiger partial charge in [-0.25, -0.2) is 0 Å². The molecule has 0 bridgehead atoms. The third-order valence-corrected chi connectivity index (χ3v) is 4.64. The molecule has 2 aliphatic heterocycles. The Hall–Kier alpha value is -1.23. The molecule has 4 nitrogen and oxygen atoms in total. The van der Waals surface area contributed by atoms with Crippen LogP contribution in [0.25, 0.3) is 0 Å². The van der Waals surface area contributed by atoms with Crippen LogP contribution in [-0.4, -0.2) is 61.0 Å². The lowest BCUT2D eigenvalue weighted by Crippen LogP contribution is -2.54. The van der Waals surface area contributed by atoms with E-state index in [0.717, 1.165) is 51.9 Å². The summed E-state index contributed by atoms with van der Waals surface area (Å²) in [5.74, 6) is 0. The predicted molar refractivity (Wildman–Crippen MR) is 82.1 cm³/mol. The van der Waals surface area contributed by atoms with Gasteiger partial charge in [-0.2, -0.15) is 0 Å². The highest BCUT2D eigenvalue weighted by Gasteiger charge is 2.31. The maximum Gasteiger partial charge on any atom is 0.139 e. The van der Waals surface area contributed by atoms with Crippen LogP contribution in [0.15, 0.2) is 30.3 Å². The molecule has 0 aliphatic carbocycles. The van der Waals surface area contributed by atoms with E-state index in [1.165, 1.54) is 5.56 Å². The van der Waals surface area contributed by atoms with Crippen LogP contribution in [0.3, 0.4) is 0 Å². The van der Waals surface area contributed by atoms with Gasteiger partial charge in [0.15, 0.2) is 0 Å². The number of benzene rings is 1. The van der Waals surface area contributed by atoms with Crippen LogP contribution in [0.5, 0.6) is 0 Å². The third kappa shape index (κ3) is 3.70. The van der Waals surface area contributed by atoms with Crippen molar-refractivity contribution in [1.82, 2.24) is 9.80 Å². The zero-order valence-corrected chi connectivity index (χ0v) is 12.5. The molecule has 1 aromatic rings. The maximum atomic E-state index is 11.2. The fourth-order valence-corrected chi connectivity index (χ4v) is 3.46. The number of carbonyl (C=O) groups is 1. The minimum atomic E-state index is -0.0376. The van der Waals surface area contributed by atoms with Crippen LogP contribution in [0.2, 0.25) is 0 Å². The normalized spacial score (nSPS) is 25.8. The largest absolute Gasteiger partial charge is 0.378 e. The molecule has 4 heteroatoms. The first-order valence-electron chi connectivity index (χ1n) is 7.92. The molecule has 2 aliphatic rings. The predicted octanol–water partition coefficient (Wildman–Crippen LogP) is 1.55. The molecule has 2 heterocycles. The van der Waals surface area contributed by atoms with Crippen molar-refractivity contribution in [3.63, 3.8) is 0 Å². The Morgan fingerprint density at radius 3 is 2.62 bits per heavy atom. The second-order valence-electron chi connectivity index (χ2n) is 6.01. The molecule has 21 heavy (non-hydrogen) atoms. The van der Waals surface area contributed by atoms with E-state index in [4.69, 9.17) is 4.74 Å². The summed E-state index contributed by atoms with van der Waals surface area (Å²) in [6, 6.07) is 11.1. The Balaban J connectivity index is 1.51. The molecule has 1 aromatic carbocycles. The lowest BCUT2D eigenvalue weighted by molar-refractivity contribution is -0.121. The van der Waals surface area contributed by atoms with Crippen LogP contribution in [0, 0.1) is 0 Å². The summed E-state index contributed by atoms with van der Waals surface area (Å²) in [5, 5.41) is 0. The number of nitrogens with zero attached hydrogens (tertiary/aromatic N) is 2. The smallest absolute Gasteiger partial charge is 0.139 e. The van der Waals surface area contributed by atoms with Gasteiger partial charge in [0.25, 0.3) is 0 Å². The van der Waals surface area contributed by atoms with Crippen molar-refractivity contribution >= 4 is 6.29 Å². The Kier molecular flexibility index (Phi) is 5.01. The second kappa shape index (κ2) is 7.16. The molecule has 114 valence electrons. The second-order valence-corrected chi connectivity index (χ2v) is 6.01. The van der Waals surface area contributed by atoms with Crippen LogP contribution < -0.4 is 0 Å². The van der Waals surface area contributed by atoms with Crippen LogP contribution >= 0.6 is 0 Å². The Bertz CT molecular complexity index is 443. The minimum Gasteiger partial charge on any atom is -0.378 e. The van der Waals surface area contributed by atoms with E-state index >= 15 is 0 Å². The van der Waals surface area contributed by atoms with Crippen LogP contribution in [0.4, 0.5) is 0 Å². The quantitative estimate of drug-likeness (QED) is 0.787. The number of piperidine rings is 1. The molecular weight excluding hydrogens is 264 g/mol. The first kappa shape index (κ1) is 14.7. The Morgan fingerprint density at radius 2 is 1.90 bits per heavy atom. The highest BCUT2D eigenvalue weighted by atomic mass is 16.5. The summed E-state index contributed by atoms with van der Waals surface area (Å²) >= 11 is 0. The zero-order valence-electron chi connectivity index (χ0n) is 12.5. The van der Waals surface area contributed by atoms with Crippen molar-refractivity contribution in [1.29, 1.82) is 0 Å². The first-order valence-corrected chi connectivity index (χ1v) is 7.92. The third-order valence-electron chi connectivity index (χ3n) is 4.64. The van der Waals surface area contributed by atoms with Gasteiger partial charge in [0.05, 0.1) is 19.3 Å². The minimum absolute atomic E-state index is 0.0376. The molecular formula is C17H24N2O2. The molecule has 0 N–H and O–H groups in total. The number of morpholine rings is 1. The van der Waals surface area contributed by atoms with Crippen molar-refractivity contribution in [2.45, 2.75) is 31.5 Å². The molecule has 0 saturated carbocycles. The maximum absolute atomic E-state index is 11.2. The molecule has 3 rings (SSSR count). The number of carbonyl (C=O) groups excluding carboxylic acids is 1. The molecule has 0 radical (unpaired) electrons. The summed E-state index contributed by atoms with van der Waals surface area (Å²) in [5.41, 5.74) is 1.38. The van der Waals surface area contributed by atoms with Gasteiger partial charge in [0, 0.05) is 19.1 Å². The lowest BCUT2D eigenvalue weighted by Gasteiger charge is -2.42. The van der Waals surface area contributed by atoms with Crippen molar-refractivity contribution in [2.75, 3.05) is 32.8 Å². The van der Waals surface area contributed by atoms with E-state index in [1.54, 1.807) is 0 Å². The van der Waals surface area contributed by atoms with Crippen molar-refractivity contribution < 1.29 is 9.53 Å². The van der Waals surface area contributed by atoms with Crippen LogP contribution in [0.1, 0.15) is 18.4 Å². The SMILES string of the molecule is O=CC1COCCN1C1CCN(Cc2ccccc2)CC1. The van der Waals surface area contributed by atoms with Gasteiger partial charge in [0.2, 0.25) is 0 Å². The summed E-state index contributed by atoms with van der Waals surface area (Å²) in [6.07, 6.45) is 3.35. The molecule has 2 fully saturated rings. The summed E-state index contributed by atoms with van der Waals surface area (Å²) in [4.78, 5) is 16.1. The molecule has 1 unspecified atom stereocenters. The van der Waals surface area contributed by atoms with Gasteiger partial charge >= 0.3 is 0 Å². The van der Waals surface area contributed by atoms with Crippen molar-refractivity contribution in [3.05, 3.63) is 35.9 Å². The molecule has 0 aromatic heterocycles. The number of ether oxygens (including phenoxy) is 1. The van der Waals surface area contributed by atoms with E-state index in [-0.39, 0.29) is 6.04 Å². The van der Waals surface area contributed by atoms with E-state index in [0.29, 0.717) is 12.6 Å². The number of aldehydes is 1. The lowest BCUT2D eigenvalue weighted by atomic mass is 10.00. The van der Waals surface area contributed by atoms with E-state index < -0.39 is 0 Å².